The van der Waals surface area contributed by atoms with Crippen LogP contribution in [-0.4, -0.2) is 25.1 Å². The molecule has 1 aliphatic rings. The van der Waals surface area contributed by atoms with E-state index in [1.165, 1.54) is 29.0 Å². The van der Waals surface area contributed by atoms with Crippen LogP contribution in [0.5, 0.6) is 0 Å². The van der Waals surface area contributed by atoms with Crippen LogP contribution in [0.15, 0.2) is 24.3 Å². The van der Waals surface area contributed by atoms with E-state index in [0.717, 1.165) is 23.3 Å². The molecule has 106 valence electrons. The minimum Gasteiger partial charge on any atom is -0.378 e. The molecule has 2 aromatic rings. The largest absolute Gasteiger partial charge is 0.378 e. The van der Waals surface area contributed by atoms with Gasteiger partial charge in [-0.2, -0.15) is 0 Å². The highest BCUT2D eigenvalue weighted by atomic mass is 32.1. The lowest BCUT2D eigenvalue weighted by molar-refractivity contribution is 0.691. The second kappa shape index (κ2) is 5.54. The van der Waals surface area contributed by atoms with Crippen LogP contribution in [0.1, 0.15) is 23.4 Å². The topological polar surface area (TPSA) is 28.2 Å². The zero-order chi connectivity index (χ0) is 14.1. The highest BCUT2D eigenvalue weighted by Gasteiger charge is 2.21. The average molecular weight is 287 g/mol. The van der Waals surface area contributed by atoms with Crippen LogP contribution in [0.25, 0.3) is 10.6 Å². The van der Waals surface area contributed by atoms with Gasteiger partial charge in [-0.3, -0.25) is 0 Å². The third kappa shape index (κ3) is 3.02. The molecule has 3 rings (SSSR count). The molecule has 0 amide bonds. The molecule has 1 aromatic heterocycles. The van der Waals surface area contributed by atoms with Crippen LogP contribution >= 0.6 is 11.3 Å². The average Bonchev–Trinajstić information content (AvgIpc) is 3.20. The maximum atomic E-state index is 4.72. The van der Waals surface area contributed by atoms with Crippen LogP contribution < -0.4 is 10.2 Å². The van der Waals surface area contributed by atoms with E-state index >= 15 is 0 Å². The van der Waals surface area contributed by atoms with Gasteiger partial charge in [0.15, 0.2) is 0 Å². The van der Waals surface area contributed by atoms with Crippen molar-refractivity contribution >= 4 is 17.0 Å². The molecule has 0 saturated heterocycles. The smallest absolute Gasteiger partial charge is 0.123 e. The number of aromatic nitrogens is 1. The van der Waals surface area contributed by atoms with Gasteiger partial charge in [0.1, 0.15) is 5.01 Å². The Morgan fingerprint density at radius 3 is 2.55 bits per heavy atom. The molecule has 0 bridgehead atoms. The van der Waals surface area contributed by atoms with E-state index < -0.39 is 0 Å². The van der Waals surface area contributed by atoms with Crippen LogP contribution in [0, 0.1) is 6.92 Å². The van der Waals surface area contributed by atoms with Gasteiger partial charge in [-0.15, -0.1) is 11.3 Å². The second-order valence-corrected chi connectivity index (χ2v) is 6.71. The predicted molar refractivity (Wildman–Crippen MR) is 86.5 cm³/mol. The number of hydrogen-bond acceptors (Lipinski definition) is 4. The minimum absolute atomic E-state index is 0.749. The molecule has 1 heterocycles. The number of anilines is 1. The van der Waals surface area contributed by atoms with E-state index in [-0.39, 0.29) is 0 Å². The summed E-state index contributed by atoms with van der Waals surface area (Å²) in [4.78, 5) is 8.20. The first-order chi connectivity index (χ1) is 9.63. The van der Waals surface area contributed by atoms with E-state index in [0.29, 0.717) is 0 Å². The van der Waals surface area contributed by atoms with Crippen LogP contribution in [0.4, 0.5) is 5.69 Å². The van der Waals surface area contributed by atoms with Gasteiger partial charge in [0.25, 0.3) is 0 Å². The van der Waals surface area contributed by atoms with Crippen molar-refractivity contribution in [1.82, 2.24) is 10.3 Å². The summed E-state index contributed by atoms with van der Waals surface area (Å²) in [6.45, 7) is 3.07. The summed E-state index contributed by atoms with van der Waals surface area (Å²) in [5.41, 5.74) is 3.59. The third-order valence-corrected chi connectivity index (χ3v) is 4.86. The molecule has 0 radical (unpaired) electrons. The van der Waals surface area contributed by atoms with E-state index in [4.69, 9.17) is 4.98 Å². The van der Waals surface area contributed by atoms with E-state index in [1.807, 2.05) is 11.3 Å². The zero-order valence-corrected chi connectivity index (χ0v) is 13.1. The van der Waals surface area contributed by atoms with Crippen molar-refractivity contribution in [2.24, 2.45) is 0 Å². The second-order valence-electron chi connectivity index (χ2n) is 5.62. The fraction of sp³-hybridized carbons (Fsp3) is 0.438. The summed E-state index contributed by atoms with van der Waals surface area (Å²) in [5, 5.41) is 4.69. The Kier molecular flexibility index (Phi) is 3.76. The van der Waals surface area contributed by atoms with Crippen molar-refractivity contribution in [3.05, 3.63) is 34.8 Å². The summed E-state index contributed by atoms with van der Waals surface area (Å²) in [6.07, 6.45) is 2.66. The molecule has 1 fully saturated rings. The molecule has 0 aliphatic heterocycles. The third-order valence-electron chi connectivity index (χ3n) is 3.65. The summed E-state index contributed by atoms with van der Waals surface area (Å²) < 4.78 is 0. The minimum atomic E-state index is 0.749. The van der Waals surface area contributed by atoms with Crippen molar-refractivity contribution in [2.75, 3.05) is 19.0 Å². The highest BCUT2D eigenvalue weighted by molar-refractivity contribution is 7.15. The summed E-state index contributed by atoms with van der Waals surface area (Å²) in [6, 6.07) is 9.36. The van der Waals surface area contributed by atoms with E-state index in [2.05, 4.69) is 55.5 Å². The van der Waals surface area contributed by atoms with Gasteiger partial charge in [0.05, 0.1) is 5.69 Å². The monoisotopic (exact) mass is 287 g/mol. The number of thiazole rings is 1. The Labute approximate surface area is 124 Å². The molecule has 1 aromatic carbocycles. The number of aryl methyl sites for hydroxylation is 1. The summed E-state index contributed by atoms with van der Waals surface area (Å²) >= 11 is 1.81. The van der Waals surface area contributed by atoms with E-state index in [1.54, 1.807) is 0 Å². The lowest BCUT2D eigenvalue weighted by atomic mass is 10.2. The van der Waals surface area contributed by atoms with Crippen molar-refractivity contribution in [3.63, 3.8) is 0 Å². The van der Waals surface area contributed by atoms with E-state index in [9.17, 15) is 0 Å². The number of hydrogen-bond donors (Lipinski definition) is 1. The first-order valence-corrected chi connectivity index (χ1v) is 7.92. The molecule has 20 heavy (non-hydrogen) atoms. The van der Waals surface area contributed by atoms with Crippen molar-refractivity contribution in [2.45, 2.75) is 32.4 Å². The molecule has 1 aliphatic carbocycles. The predicted octanol–water partition coefficient (Wildman–Crippen LogP) is 3.44. The number of benzene rings is 1. The fourth-order valence-electron chi connectivity index (χ4n) is 2.14. The summed E-state index contributed by atoms with van der Waals surface area (Å²) in [7, 11) is 4.12. The van der Waals surface area contributed by atoms with Gasteiger partial charge in [-0.1, -0.05) is 0 Å². The fourth-order valence-corrected chi connectivity index (χ4v) is 3.16. The van der Waals surface area contributed by atoms with Crippen molar-refractivity contribution in [3.8, 4) is 10.6 Å². The highest BCUT2D eigenvalue weighted by Crippen LogP contribution is 2.30. The molecule has 0 unspecified atom stereocenters. The maximum absolute atomic E-state index is 4.72. The lowest BCUT2D eigenvalue weighted by Crippen LogP contribution is -2.14. The van der Waals surface area contributed by atoms with Crippen molar-refractivity contribution in [1.29, 1.82) is 0 Å². The quantitative estimate of drug-likeness (QED) is 0.913. The molecule has 3 nitrogen and oxygen atoms in total. The number of nitrogens with zero attached hydrogens (tertiary/aromatic N) is 2. The maximum Gasteiger partial charge on any atom is 0.123 e. The normalized spacial score (nSPS) is 14.6. The molecule has 4 heteroatoms. The van der Waals surface area contributed by atoms with Gasteiger partial charge in [0, 0.05) is 42.8 Å². The van der Waals surface area contributed by atoms with Gasteiger partial charge in [-0.25, -0.2) is 4.98 Å². The van der Waals surface area contributed by atoms with Crippen molar-refractivity contribution < 1.29 is 0 Å². The molecule has 0 spiro atoms. The van der Waals surface area contributed by atoms with Gasteiger partial charge >= 0.3 is 0 Å². The Bertz CT molecular complexity index is 582. The van der Waals surface area contributed by atoms with Crippen LogP contribution in [0.2, 0.25) is 0 Å². The SMILES string of the molecule is Cc1nc(-c2ccc(N(C)C)cc2)sc1CNC1CC1. The Morgan fingerprint density at radius 1 is 1.25 bits per heavy atom. The van der Waals surface area contributed by atoms with Crippen LogP contribution in [0.3, 0.4) is 0 Å². The number of rotatable bonds is 5. The first-order valence-electron chi connectivity index (χ1n) is 7.11. The lowest BCUT2D eigenvalue weighted by Gasteiger charge is -2.11. The van der Waals surface area contributed by atoms with Crippen LogP contribution in [-0.2, 0) is 6.54 Å². The first kappa shape index (κ1) is 13.6. The summed E-state index contributed by atoms with van der Waals surface area (Å²) in [5.74, 6) is 0. The Morgan fingerprint density at radius 2 is 1.95 bits per heavy atom. The van der Waals surface area contributed by atoms with Gasteiger partial charge < -0.3 is 10.2 Å². The zero-order valence-electron chi connectivity index (χ0n) is 12.3. The molecular weight excluding hydrogens is 266 g/mol. The molecule has 0 atom stereocenters. The number of nitrogens with one attached hydrogen (secondary N) is 1. The van der Waals surface area contributed by atoms with Gasteiger partial charge in [0.2, 0.25) is 0 Å². The molecular formula is C16H21N3S. The Balaban J connectivity index is 1.76. The van der Waals surface area contributed by atoms with Gasteiger partial charge in [-0.05, 0) is 44.0 Å². The Hall–Kier alpha value is -1.39. The molecule has 1 N–H and O–H groups in total. The standard InChI is InChI=1S/C16H21N3S/c1-11-15(10-17-13-6-7-13)20-16(18-11)12-4-8-14(9-5-12)19(2)3/h4-5,8-9,13,17H,6-7,10H2,1-3H3. The molecule has 1 saturated carbocycles.